The van der Waals surface area contributed by atoms with Gasteiger partial charge in [-0.2, -0.15) is 0 Å². The zero-order chi connectivity index (χ0) is 20.4. The number of rotatable bonds is 6. The SMILES string of the molecule is CC1Cc2ccccc2N1CC(=O)Nc1ccc(S(=O)(=O)Cc2nccs2)cc1. The summed E-state index contributed by atoms with van der Waals surface area (Å²) in [5.41, 5.74) is 2.92. The Balaban J connectivity index is 1.41. The molecular formula is C21H21N3O3S2. The van der Waals surface area contributed by atoms with Gasteiger partial charge in [0.15, 0.2) is 9.84 Å². The predicted molar refractivity (Wildman–Crippen MR) is 115 cm³/mol. The molecule has 0 bridgehead atoms. The van der Waals surface area contributed by atoms with Crippen LogP contribution in [0.4, 0.5) is 11.4 Å². The van der Waals surface area contributed by atoms with Gasteiger partial charge in [-0.15, -0.1) is 11.3 Å². The van der Waals surface area contributed by atoms with Crippen molar-refractivity contribution >= 4 is 38.5 Å². The summed E-state index contributed by atoms with van der Waals surface area (Å²) in [4.78, 5) is 18.9. The third-order valence-corrected chi connectivity index (χ3v) is 7.56. The number of nitrogens with zero attached hydrogens (tertiary/aromatic N) is 2. The van der Waals surface area contributed by atoms with Crippen LogP contribution < -0.4 is 10.2 Å². The Morgan fingerprint density at radius 1 is 1.21 bits per heavy atom. The fraction of sp³-hybridized carbons (Fsp3) is 0.238. The van der Waals surface area contributed by atoms with E-state index < -0.39 is 9.84 Å². The van der Waals surface area contributed by atoms with Crippen molar-refractivity contribution in [2.45, 2.75) is 30.0 Å². The van der Waals surface area contributed by atoms with Gasteiger partial charge in [-0.3, -0.25) is 4.79 Å². The Morgan fingerprint density at radius 3 is 2.69 bits per heavy atom. The highest BCUT2D eigenvalue weighted by molar-refractivity contribution is 7.90. The lowest BCUT2D eigenvalue weighted by Crippen LogP contribution is -2.37. The van der Waals surface area contributed by atoms with Crippen LogP contribution in [0.15, 0.2) is 65.0 Å². The number of fused-ring (bicyclic) bond motifs is 1. The molecule has 1 N–H and O–H groups in total. The molecular weight excluding hydrogens is 406 g/mol. The van der Waals surface area contributed by atoms with Crippen LogP contribution >= 0.6 is 11.3 Å². The van der Waals surface area contributed by atoms with Crippen molar-refractivity contribution in [1.82, 2.24) is 4.98 Å². The fourth-order valence-electron chi connectivity index (χ4n) is 3.54. The maximum absolute atomic E-state index is 12.5. The predicted octanol–water partition coefficient (Wildman–Crippen LogP) is 3.51. The second kappa shape index (κ2) is 7.96. The Labute approximate surface area is 174 Å². The topological polar surface area (TPSA) is 79.4 Å². The van der Waals surface area contributed by atoms with Crippen molar-refractivity contribution in [3.05, 3.63) is 70.7 Å². The second-order valence-corrected chi connectivity index (χ2v) is 10.0. The van der Waals surface area contributed by atoms with Crippen LogP contribution in [-0.4, -0.2) is 31.9 Å². The average molecular weight is 428 g/mol. The molecule has 1 aromatic heterocycles. The van der Waals surface area contributed by atoms with Gasteiger partial charge in [0, 0.05) is 29.0 Å². The van der Waals surface area contributed by atoms with Crippen molar-refractivity contribution in [3.63, 3.8) is 0 Å². The van der Waals surface area contributed by atoms with E-state index in [1.807, 2.05) is 18.2 Å². The van der Waals surface area contributed by atoms with E-state index in [-0.39, 0.29) is 29.1 Å². The van der Waals surface area contributed by atoms with Crippen molar-refractivity contribution in [3.8, 4) is 0 Å². The molecule has 1 unspecified atom stereocenters. The van der Waals surface area contributed by atoms with Crippen LogP contribution in [0.3, 0.4) is 0 Å². The molecule has 1 amide bonds. The third kappa shape index (κ3) is 4.33. The first-order valence-electron chi connectivity index (χ1n) is 9.28. The molecule has 0 fully saturated rings. The number of nitrogens with one attached hydrogen (secondary N) is 1. The first-order chi connectivity index (χ1) is 13.9. The lowest BCUT2D eigenvalue weighted by atomic mass is 10.1. The summed E-state index contributed by atoms with van der Waals surface area (Å²) >= 11 is 1.31. The quantitative estimate of drug-likeness (QED) is 0.651. The summed E-state index contributed by atoms with van der Waals surface area (Å²) < 4.78 is 25.0. The van der Waals surface area contributed by atoms with E-state index in [9.17, 15) is 13.2 Å². The molecule has 150 valence electrons. The van der Waals surface area contributed by atoms with Gasteiger partial charge in [-0.25, -0.2) is 13.4 Å². The monoisotopic (exact) mass is 427 g/mol. The lowest BCUT2D eigenvalue weighted by Gasteiger charge is -2.24. The summed E-state index contributed by atoms with van der Waals surface area (Å²) in [6, 6.07) is 14.7. The van der Waals surface area contributed by atoms with Gasteiger partial charge >= 0.3 is 0 Å². The third-order valence-electron chi connectivity index (χ3n) is 4.96. The standard InChI is InChI=1S/C21H21N3O3S2/c1-15-12-16-4-2-3-5-19(16)24(15)13-20(25)23-17-6-8-18(9-7-17)29(26,27)14-21-22-10-11-28-21/h2-11,15H,12-14H2,1H3,(H,23,25). The molecule has 4 rings (SSSR count). The Hall–Kier alpha value is -2.71. The molecule has 1 aliphatic heterocycles. The van der Waals surface area contributed by atoms with E-state index >= 15 is 0 Å². The highest BCUT2D eigenvalue weighted by Gasteiger charge is 2.27. The van der Waals surface area contributed by atoms with E-state index in [1.165, 1.54) is 29.0 Å². The number of carbonyl (C=O) groups excluding carboxylic acids is 1. The minimum atomic E-state index is -3.46. The molecule has 8 heteroatoms. The zero-order valence-corrected chi connectivity index (χ0v) is 17.5. The molecule has 0 spiro atoms. The van der Waals surface area contributed by atoms with Crippen LogP contribution in [-0.2, 0) is 26.8 Å². The van der Waals surface area contributed by atoms with Gasteiger partial charge in [0.05, 0.1) is 11.4 Å². The maximum Gasteiger partial charge on any atom is 0.243 e. The molecule has 0 saturated heterocycles. The Morgan fingerprint density at radius 2 is 1.97 bits per heavy atom. The minimum Gasteiger partial charge on any atom is -0.359 e. The number of anilines is 2. The van der Waals surface area contributed by atoms with E-state index in [4.69, 9.17) is 0 Å². The second-order valence-electron chi connectivity index (χ2n) is 7.07. The van der Waals surface area contributed by atoms with Crippen molar-refractivity contribution in [2.24, 2.45) is 0 Å². The first-order valence-corrected chi connectivity index (χ1v) is 11.8. The summed E-state index contributed by atoms with van der Waals surface area (Å²) in [5, 5.41) is 5.17. The number of amides is 1. The summed E-state index contributed by atoms with van der Waals surface area (Å²) in [5.74, 6) is -0.255. The normalized spacial score (nSPS) is 15.9. The number of aromatic nitrogens is 1. The van der Waals surface area contributed by atoms with Gasteiger partial charge in [0.1, 0.15) is 10.8 Å². The molecule has 3 aromatic rings. The van der Waals surface area contributed by atoms with Crippen molar-refractivity contribution in [1.29, 1.82) is 0 Å². The van der Waals surface area contributed by atoms with Crippen LogP contribution in [0.2, 0.25) is 0 Å². The molecule has 2 aromatic carbocycles. The largest absolute Gasteiger partial charge is 0.359 e. The highest BCUT2D eigenvalue weighted by atomic mass is 32.2. The molecule has 29 heavy (non-hydrogen) atoms. The van der Waals surface area contributed by atoms with Gasteiger partial charge in [0.2, 0.25) is 5.91 Å². The Kier molecular flexibility index (Phi) is 5.38. The van der Waals surface area contributed by atoms with E-state index in [2.05, 4.69) is 28.2 Å². The van der Waals surface area contributed by atoms with Gasteiger partial charge in [0.25, 0.3) is 0 Å². The molecule has 6 nitrogen and oxygen atoms in total. The molecule has 1 atom stereocenters. The van der Waals surface area contributed by atoms with E-state index in [0.29, 0.717) is 10.7 Å². The van der Waals surface area contributed by atoms with Crippen molar-refractivity contribution in [2.75, 3.05) is 16.8 Å². The number of thiazole rings is 1. The molecule has 1 aliphatic rings. The van der Waals surface area contributed by atoms with E-state index in [1.54, 1.807) is 23.7 Å². The summed E-state index contributed by atoms with van der Waals surface area (Å²) in [6.45, 7) is 2.36. The number of sulfone groups is 1. The highest BCUT2D eigenvalue weighted by Crippen LogP contribution is 2.31. The number of benzene rings is 2. The van der Waals surface area contributed by atoms with Gasteiger partial charge in [-0.1, -0.05) is 18.2 Å². The number of para-hydroxylation sites is 1. The molecule has 0 saturated carbocycles. The fourth-order valence-corrected chi connectivity index (χ4v) is 5.80. The first kappa shape index (κ1) is 19.6. The number of carbonyl (C=O) groups is 1. The minimum absolute atomic E-state index is 0.122. The smallest absolute Gasteiger partial charge is 0.243 e. The van der Waals surface area contributed by atoms with Crippen LogP contribution in [0.25, 0.3) is 0 Å². The summed E-state index contributed by atoms with van der Waals surface area (Å²) in [6.07, 6.45) is 2.52. The van der Waals surface area contributed by atoms with Gasteiger partial charge < -0.3 is 10.2 Å². The summed E-state index contributed by atoms with van der Waals surface area (Å²) in [7, 11) is -3.46. The van der Waals surface area contributed by atoms with E-state index in [0.717, 1.165) is 12.1 Å². The maximum atomic E-state index is 12.5. The number of hydrogen-bond acceptors (Lipinski definition) is 6. The lowest BCUT2D eigenvalue weighted by molar-refractivity contribution is -0.115. The molecule has 0 radical (unpaired) electrons. The van der Waals surface area contributed by atoms with Gasteiger partial charge in [-0.05, 0) is 49.2 Å². The zero-order valence-electron chi connectivity index (χ0n) is 15.9. The van der Waals surface area contributed by atoms with Crippen LogP contribution in [0.1, 0.15) is 17.5 Å². The molecule has 2 heterocycles. The Bertz CT molecular complexity index is 1110. The molecule has 0 aliphatic carbocycles. The van der Waals surface area contributed by atoms with Crippen LogP contribution in [0.5, 0.6) is 0 Å². The number of hydrogen-bond donors (Lipinski definition) is 1. The van der Waals surface area contributed by atoms with Crippen molar-refractivity contribution < 1.29 is 13.2 Å². The average Bonchev–Trinajstić information content (AvgIpc) is 3.30. The van der Waals surface area contributed by atoms with Crippen LogP contribution in [0, 0.1) is 0 Å².